The van der Waals surface area contributed by atoms with Crippen molar-refractivity contribution in [3.8, 4) is 0 Å². The van der Waals surface area contributed by atoms with Crippen LogP contribution in [0, 0.1) is 0 Å². The second-order valence-corrected chi connectivity index (χ2v) is 4.98. The molecule has 3 nitrogen and oxygen atoms in total. The number of benzene rings is 1. The van der Waals surface area contributed by atoms with Gasteiger partial charge in [0.15, 0.2) is 0 Å². The van der Waals surface area contributed by atoms with Gasteiger partial charge in [-0.2, -0.15) is 0 Å². The number of nitrogens with one attached hydrogen (secondary N) is 1. The Balaban J connectivity index is 2.30. The number of aryl methyl sites for hydroxylation is 1. The maximum absolute atomic E-state index is 4.64. The Hall–Kier alpha value is -2.42. The van der Waals surface area contributed by atoms with Crippen LogP contribution in [-0.4, -0.2) is 16.5 Å². The SMILES string of the molecule is C\C=C/C=C(\C=C/C)CNc1nc(CC)nc2ccccc12. The van der Waals surface area contributed by atoms with E-state index < -0.39 is 0 Å². The molecule has 0 aliphatic rings. The molecule has 1 aromatic carbocycles. The molecule has 114 valence electrons. The lowest BCUT2D eigenvalue weighted by Gasteiger charge is -2.10. The molecule has 1 N–H and O–H groups in total. The smallest absolute Gasteiger partial charge is 0.137 e. The van der Waals surface area contributed by atoms with Gasteiger partial charge in [0.25, 0.3) is 0 Å². The minimum absolute atomic E-state index is 0.735. The molecule has 1 aromatic heterocycles. The first-order valence-corrected chi connectivity index (χ1v) is 7.72. The van der Waals surface area contributed by atoms with E-state index in [-0.39, 0.29) is 0 Å². The molecule has 0 atom stereocenters. The van der Waals surface area contributed by atoms with Crippen molar-refractivity contribution in [2.75, 3.05) is 11.9 Å². The first-order chi connectivity index (χ1) is 10.8. The predicted molar refractivity (Wildman–Crippen MR) is 95.1 cm³/mol. The second kappa shape index (κ2) is 8.13. The fourth-order valence-electron chi connectivity index (χ4n) is 2.21. The van der Waals surface area contributed by atoms with Gasteiger partial charge in [-0.15, -0.1) is 0 Å². The zero-order valence-corrected chi connectivity index (χ0v) is 13.5. The molecule has 22 heavy (non-hydrogen) atoms. The van der Waals surface area contributed by atoms with Crippen molar-refractivity contribution >= 4 is 16.7 Å². The Kier molecular flexibility index (Phi) is 5.90. The highest BCUT2D eigenvalue weighted by Gasteiger charge is 2.06. The third-order valence-corrected chi connectivity index (χ3v) is 3.31. The van der Waals surface area contributed by atoms with Crippen LogP contribution in [0.2, 0.25) is 0 Å². The van der Waals surface area contributed by atoms with Gasteiger partial charge in [-0.25, -0.2) is 9.97 Å². The normalized spacial score (nSPS) is 12.6. The largest absolute Gasteiger partial charge is 0.365 e. The molecule has 2 rings (SSSR count). The zero-order chi connectivity index (χ0) is 15.8. The number of para-hydroxylation sites is 1. The van der Waals surface area contributed by atoms with Gasteiger partial charge in [-0.3, -0.25) is 0 Å². The fourth-order valence-corrected chi connectivity index (χ4v) is 2.21. The molecule has 2 aromatic rings. The minimum atomic E-state index is 0.735. The molecule has 0 saturated heterocycles. The van der Waals surface area contributed by atoms with Gasteiger partial charge in [0.2, 0.25) is 0 Å². The molecular weight excluding hydrogens is 270 g/mol. The van der Waals surface area contributed by atoms with E-state index in [9.17, 15) is 0 Å². The van der Waals surface area contributed by atoms with Gasteiger partial charge in [-0.1, -0.05) is 49.4 Å². The quantitative estimate of drug-likeness (QED) is 0.786. The molecule has 1 heterocycles. The van der Waals surface area contributed by atoms with Gasteiger partial charge in [-0.05, 0) is 31.6 Å². The van der Waals surface area contributed by atoms with Crippen molar-refractivity contribution < 1.29 is 0 Å². The van der Waals surface area contributed by atoms with Gasteiger partial charge < -0.3 is 5.32 Å². The first-order valence-electron chi connectivity index (χ1n) is 7.72. The van der Waals surface area contributed by atoms with Crippen molar-refractivity contribution in [2.45, 2.75) is 27.2 Å². The molecule has 0 bridgehead atoms. The van der Waals surface area contributed by atoms with Crippen molar-refractivity contribution in [3.63, 3.8) is 0 Å². The van der Waals surface area contributed by atoms with Crippen LogP contribution in [0.25, 0.3) is 10.9 Å². The summed E-state index contributed by atoms with van der Waals surface area (Å²) in [6.07, 6.45) is 11.2. The van der Waals surface area contributed by atoms with Crippen molar-refractivity contribution in [3.05, 3.63) is 66.0 Å². The summed E-state index contributed by atoms with van der Waals surface area (Å²) in [7, 11) is 0. The van der Waals surface area contributed by atoms with Crippen LogP contribution < -0.4 is 5.32 Å². The average molecular weight is 293 g/mol. The van der Waals surface area contributed by atoms with E-state index >= 15 is 0 Å². The molecule has 0 fully saturated rings. The molecule has 0 aliphatic heterocycles. The first kappa shape index (κ1) is 16.0. The van der Waals surface area contributed by atoms with Crippen LogP contribution in [0.1, 0.15) is 26.6 Å². The zero-order valence-electron chi connectivity index (χ0n) is 13.5. The van der Waals surface area contributed by atoms with Crippen LogP contribution in [-0.2, 0) is 6.42 Å². The number of fused-ring (bicyclic) bond motifs is 1. The van der Waals surface area contributed by atoms with Crippen LogP contribution in [0.15, 0.2) is 60.2 Å². The second-order valence-electron chi connectivity index (χ2n) is 4.98. The topological polar surface area (TPSA) is 37.8 Å². The maximum Gasteiger partial charge on any atom is 0.137 e. The molecular formula is C19H23N3. The lowest BCUT2D eigenvalue weighted by molar-refractivity contribution is 0.958. The van der Waals surface area contributed by atoms with Crippen LogP contribution in [0.4, 0.5) is 5.82 Å². The average Bonchev–Trinajstić information content (AvgIpc) is 2.56. The number of hydrogen-bond donors (Lipinski definition) is 1. The van der Waals surface area contributed by atoms with Crippen molar-refractivity contribution in [1.29, 1.82) is 0 Å². The lowest BCUT2D eigenvalue weighted by atomic mass is 10.2. The summed E-state index contributed by atoms with van der Waals surface area (Å²) < 4.78 is 0. The summed E-state index contributed by atoms with van der Waals surface area (Å²) in [6, 6.07) is 8.12. The van der Waals surface area contributed by atoms with Gasteiger partial charge in [0.1, 0.15) is 11.6 Å². The Morgan fingerprint density at radius 2 is 1.95 bits per heavy atom. The molecule has 3 heteroatoms. The Morgan fingerprint density at radius 1 is 1.14 bits per heavy atom. The highest BCUT2D eigenvalue weighted by atomic mass is 15.0. The van der Waals surface area contributed by atoms with E-state index in [1.807, 2.05) is 50.3 Å². The van der Waals surface area contributed by atoms with E-state index in [1.54, 1.807) is 0 Å². The highest BCUT2D eigenvalue weighted by molar-refractivity contribution is 5.89. The summed E-state index contributed by atoms with van der Waals surface area (Å²) in [6.45, 7) is 6.85. The number of hydrogen-bond acceptors (Lipinski definition) is 3. The third-order valence-electron chi connectivity index (χ3n) is 3.31. The monoisotopic (exact) mass is 293 g/mol. The van der Waals surface area contributed by atoms with Crippen LogP contribution in [0.5, 0.6) is 0 Å². The standard InChI is InChI=1S/C19H23N3/c1-4-7-11-15(10-5-2)14-20-19-16-12-8-9-13-17(16)21-18(6-3)22-19/h4-5,7-13H,6,14H2,1-3H3,(H,20,21,22)/b7-4-,10-5-,15-11+. The molecule has 0 unspecified atom stereocenters. The number of nitrogens with zero attached hydrogens (tertiary/aromatic N) is 2. The van der Waals surface area contributed by atoms with E-state index in [4.69, 9.17) is 0 Å². The lowest BCUT2D eigenvalue weighted by Crippen LogP contribution is -2.08. The summed E-state index contributed by atoms with van der Waals surface area (Å²) >= 11 is 0. The Labute approximate surface area is 132 Å². The molecule has 0 amide bonds. The summed E-state index contributed by atoms with van der Waals surface area (Å²) in [5.41, 5.74) is 2.20. The number of anilines is 1. The van der Waals surface area contributed by atoms with Gasteiger partial charge in [0, 0.05) is 18.4 Å². The van der Waals surface area contributed by atoms with E-state index in [1.165, 1.54) is 5.57 Å². The van der Waals surface area contributed by atoms with Crippen molar-refractivity contribution in [1.82, 2.24) is 9.97 Å². The molecule has 0 saturated carbocycles. The summed E-state index contributed by atoms with van der Waals surface area (Å²) in [5.74, 6) is 1.77. The number of rotatable bonds is 6. The van der Waals surface area contributed by atoms with Gasteiger partial charge >= 0.3 is 0 Å². The van der Waals surface area contributed by atoms with Crippen LogP contribution >= 0.6 is 0 Å². The summed E-state index contributed by atoms with van der Waals surface area (Å²) in [4.78, 5) is 9.22. The van der Waals surface area contributed by atoms with Crippen molar-refractivity contribution in [2.24, 2.45) is 0 Å². The number of allylic oxidation sites excluding steroid dienone is 4. The number of aromatic nitrogens is 2. The molecule has 0 spiro atoms. The van der Waals surface area contributed by atoms with E-state index in [2.05, 4.69) is 40.4 Å². The Morgan fingerprint density at radius 3 is 2.68 bits per heavy atom. The minimum Gasteiger partial charge on any atom is -0.365 e. The Bertz CT molecular complexity index is 712. The van der Waals surface area contributed by atoms with E-state index in [0.717, 1.165) is 35.5 Å². The predicted octanol–water partition coefficient (Wildman–Crippen LogP) is 4.68. The fraction of sp³-hybridized carbons (Fsp3) is 0.263. The van der Waals surface area contributed by atoms with E-state index in [0.29, 0.717) is 0 Å². The third kappa shape index (κ3) is 4.04. The molecule has 0 radical (unpaired) electrons. The van der Waals surface area contributed by atoms with Gasteiger partial charge in [0.05, 0.1) is 5.52 Å². The molecule has 0 aliphatic carbocycles. The highest BCUT2D eigenvalue weighted by Crippen LogP contribution is 2.20. The van der Waals surface area contributed by atoms with Crippen LogP contribution in [0.3, 0.4) is 0 Å². The summed E-state index contributed by atoms with van der Waals surface area (Å²) in [5, 5.41) is 4.51. The maximum atomic E-state index is 4.64.